The maximum absolute atomic E-state index is 11.7. The first kappa shape index (κ1) is 40.1. The number of benzene rings is 3. The third-order valence-corrected chi connectivity index (χ3v) is 14.4. The Morgan fingerprint density at radius 3 is 2.17 bits per heavy atom. The first-order chi connectivity index (χ1) is 22.2. The second kappa shape index (κ2) is 17.0. The molecule has 4 nitrogen and oxygen atoms in total. The van der Waals surface area contributed by atoms with Crippen LogP contribution in [0.25, 0.3) is 42.3 Å². The second-order valence-corrected chi connectivity index (χ2v) is 26.6. The Balaban J connectivity index is 0.000000334. The van der Waals surface area contributed by atoms with Crippen LogP contribution in [-0.4, -0.2) is 34.1 Å². The molecule has 0 fully saturated rings. The van der Waals surface area contributed by atoms with E-state index in [4.69, 9.17) is 9.97 Å². The van der Waals surface area contributed by atoms with Crippen molar-refractivity contribution >= 4 is 65.9 Å². The summed E-state index contributed by atoms with van der Waals surface area (Å²) in [6, 6.07) is 21.6. The molecule has 0 amide bonds. The third-order valence-electron chi connectivity index (χ3n) is 8.97. The Kier molecular flexibility index (Phi) is 14.2. The van der Waals surface area contributed by atoms with Gasteiger partial charge in [0.1, 0.15) is 0 Å². The molecule has 0 aliphatic carbocycles. The zero-order valence-electron chi connectivity index (χ0n) is 30.5. The summed E-state index contributed by atoms with van der Waals surface area (Å²) in [5, 5.41) is 13.5. The molecule has 0 aliphatic heterocycles. The quantitative estimate of drug-likeness (QED) is 0.0656. The van der Waals surface area contributed by atoms with E-state index in [1.807, 2.05) is 39.0 Å². The van der Waals surface area contributed by atoms with E-state index in [0.29, 0.717) is 0 Å². The number of aliphatic hydroxyl groups excluding tert-OH is 1. The number of nitrogens with zero attached hydrogens (tertiary/aromatic N) is 2. The smallest absolute Gasteiger partial charge is 0.162 e. The van der Waals surface area contributed by atoms with Crippen molar-refractivity contribution in [3.63, 3.8) is 0 Å². The first-order valence-electron chi connectivity index (χ1n) is 17.3. The number of aromatic nitrogens is 2. The number of fused-ring (bicyclic) bond motifs is 4. The number of carbonyl (C=O) groups excluding carboxylic acids is 1. The molecule has 0 spiro atoms. The molecule has 1 N–H and O–H groups in total. The minimum absolute atomic E-state index is 0. The summed E-state index contributed by atoms with van der Waals surface area (Å²) < 4.78 is 3.96. The van der Waals surface area contributed by atoms with Gasteiger partial charge in [-0.3, -0.25) is 4.79 Å². The molecule has 0 aliphatic rings. The van der Waals surface area contributed by atoms with Gasteiger partial charge in [-0.25, -0.2) is 0 Å². The van der Waals surface area contributed by atoms with E-state index in [0.717, 1.165) is 53.6 Å². The van der Waals surface area contributed by atoms with Gasteiger partial charge in [0.15, 0.2) is 5.78 Å². The summed E-state index contributed by atoms with van der Waals surface area (Å²) in [6.45, 7) is 14.9. The molecule has 3 aromatic carbocycles. The molecule has 2 heterocycles. The average Bonchev–Trinajstić information content (AvgIpc) is 3.38. The summed E-state index contributed by atoms with van der Waals surface area (Å²) in [7, 11) is 0. The van der Waals surface area contributed by atoms with Crippen LogP contribution in [0.4, 0.5) is 0 Å². The van der Waals surface area contributed by atoms with Crippen molar-refractivity contribution in [3.8, 4) is 11.3 Å². The van der Waals surface area contributed by atoms with Gasteiger partial charge in [0.25, 0.3) is 0 Å². The number of allylic oxidation sites excluding steroid dienone is 2. The Hall–Kier alpha value is -2.38. The SMILES string of the molecule is CC(C)(C)Cc1ccc2c(c1)sc1c(-c3[c-]c4ccccc4[c]([Ge]([CH3])([CH3])[CH3])c3)ncnc12.CCC(CC)C(=O)/C=C(\O)C(CC)CC.[Ir]. The van der Waals surface area contributed by atoms with Crippen molar-refractivity contribution in [1.82, 2.24) is 9.97 Å². The normalized spacial score (nSPS) is 12.5. The van der Waals surface area contributed by atoms with E-state index < -0.39 is 13.3 Å². The van der Waals surface area contributed by atoms with Crippen molar-refractivity contribution in [3.05, 3.63) is 78.3 Å². The number of hydrogen-bond donors (Lipinski definition) is 1. The van der Waals surface area contributed by atoms with Crippen LogP contribution in [0.2, 0.25) is 17.3 Å². The molecule has 5 aromatic rings. The van der Waals surface area contributed by atoms with Gasteiger partial charge in [0.2, 0.25) is 0 Å². The number of thiophene rings is 1. The van der Waals surface area contributed by atoms with Crippen LogP contribution in [0.5, 0.6) is 0 Å². The molecule has 0 bridgehead atoms. The van der Waals surface area contributed by atoms with E-state index in [2.05, 4.69) is 92.6 Å². The van der Waals surface area contributed by atoms with Gasteiger partial charge in [0, 0.05) is 38.0 Å². The molecular weight excluding hydrogens is 849 g/mol. The predicted molar refractivity (Wildman–Crippen MR) is 207 cm³/mol. The minimum Gasteiger partial charge on any atom is -0.512 e. The number of aliphatic hydroxyl groups is 1. The van der Waals surface area contributed by atoms with Gasteiger partial charge in [0.05, 0.1) is 5.76 Å². The summed E-state index contributed by atoms with van der Waals surface area (Å²) in [5.41, 5.74) is 4.80. The van der Waals surface area contributed by atoms with Crippen molar-refractivity contribution in [2.75, 3.05) is 0 Å². The van der Waals surface area contributed by atoms with Crippen LogP contribution in [0.1, 0.15) is 79.7 Å². The molecule has 259 valence electrons. The fourth-order valence-electron chi connectivity index (χ4n) is 6.29. The van der Waals surface area contributed by atoms with Gasteiger partial charge < -0.3 is 5.11 Å². The summed E-state index contributed by atoms with van der Waals surface area (Å²) in [6.07, 6.45) is 7.69. The largest absolute Gasteiger partial charge is 0.512 e. The molecule has 5 rings (SSSR count). The van der Waals surface area contributed by atoms with E-state index in [1.165, 1.54) is 36.9 Å². The topological polar surface area (TPSA) is 63.1 Å². The van der Waals surface area contributed by atoms with Crippen molar-refractivity contribution in [2.24, 2.45) is 17.3 Å². The summed E-state index contributed by atoms with van der Waals surface area (Å²) in [5.74, 6) is 7.91. The molecular formula is C41H53GeIrN2O2S-. The molecule has 0 saturated heterocycles. The van der Waals surface area contributed by atoms with Crippen molar-refractivity contribution < 1.29 is 30.0 Å². The number of ketones is 1. The van der Waals surface area contributed by atoms with E-state index in [1.54, 1.807) is 6.33 Å². The van der Waals surface area contributed by atoms with Crippen LogP contribution in [0.15, 0.2) is 66.7 Å². The Bertz CT molecular complexity index is 1880. The van der Waals surface area contributed by atoms with Crippen LogP contribution in [-0.2, 0) is 31.3 Å². The molecule has 7 heteroatoms. The molecule has 0 unspecified atom stereocenters. The van der Waals surface area contributed by atoms with Gasteiger partial charge in [-0.1, -0.05) is 27.7 Å². The first-order valence-corrected chi connectivity index (χ1v) is 25.4. The van der Waals surface area contributed by atoms with Crippen LogP contribution in [0.3, 0.4) is 0 Å². The Morgan fingerprint density at radius 2 is 1.56 bits per heavy atom. The predicted octanol–water partition coefficient (Wildman–Crippen LogP) is 11.5. The molecule has 0 atom stereocenters. The molecule has 1 radical (unpaired) electrons. The molecule has 2 aromatic heterocycles. The number of hydrogen-bond acceptors (Lipinski definition) is 5. The maximum atomic E-state index is 11.7. The maximum Gasteiger partial charge on any atom is 0.162 e. The Labute approximate surface area is 308 Å². The molecule has 48 heavy (non-hydrogen) atoms. The monoisotopic (exact) mass is 904 g/mol. The zero-order chi connectivity index (χ0) is 34.5. The Morgan fingerprint density at radius 1 is 0.917 bits per heavy atom. The van der Waals surface area contributed by atoms with E-state index >= 15 is 0 Å². The second-order valence-electron chi connectivity index (χ2n) is 15.0. The van der Waals surface area contributed by atoms with E-state index in [9.17, 15) is 9.90 Å². The third kappa shape index (κ3) is 9.65. The molecule has 0 saturated carbocycles. The fraction of sp³-hybridized carbons (Fsp3) is 0.439. The summed E-state index contributed by atoms with van der Waals surface area (Å²) in [4.78, 5) is 21.2. The van der Waals surface area contributed by atoms with Gasteiger partial charge in [-0.15, -0.1) is 0 Å². The van der Waals surface area contributed by atoms with E-state index in [-0.39, 0.29) is 48.9 Å². The standard InChI is InChI=1S/C28H29GeN2S.C13H24O2.Ir/c1-28(2,3)16-18-11-12-22-24(13-18)32-27-25(30-17-31-26(22)27)20-14-19-9-7-8-10-21(19)23(15-20)29(4,5)6;1-5-10(6-2)12(14)9-13(15)11(7-3)8-4;/h7-13,15,17H,16H2,1-6H3;9-11,14H,5-8H2,1-4H3;/q-1;;/b;12-9-;. The van der Waals surface area contributed by atoms with Gasteiger partial charge >= 0.3 is 198 Å². The van der Waals surface area contributed by atoms with Crippen molar-refractivity contribution in [1.29, 1.82) is 0 Å². The number of rotatable bonds is 10. The van der Waals surface area contributed by atoms with Crippen LogP contribution < -0.4 is 4.40 Å². The fourth-order valence-corrected chi connectivity index (χ4v) is 10.9. The van der Waals surface area contributed by atoms with Crippen molar-refractivity contribution in [2.45, 2.75) is 97.8 Å². The van der Waals surface area contributed by atoms with Crippen LogP contribution >= 0.6 is 11.3 Å². The minimum atomic E-state index is -2.10. The zero-order valence-corrected chi connectivity index (χ0v) is 35.8. The van der Waals surface area contributed by atoms with Gasteiger partial charge in [-0.2, -0.15) is 0 Å². The van der Waals surface area contributed by atoms with Crippen LogP contribution in [0, 0.1) is 23.3 Å². The van der Waals surface area contributed by atoms with Gasteiger partial charge in [-0.05, 0) is 25.7 Å². The number of carbonyl (C=O) groups is 1. The summed E-state index contributed by atoms with van der Waals surface area (Å²) >= 11 is -0.291. The average molecular weight is 903 g/mol.